The third-order valence-corrected chi connectivity index (χ3v) is 7.10. The van der Waals surface area contributed by atoms with Gasteiger partial charge in [-0.05, 0) is 78.4 Å². The van der Waals surface area contributed by atoms with Crippen molar-refractivity contribution in [2.24, 2.45) is 0 Å². The summed E-state index contributed by atoms with van der Waals surface area (Å²) >= 11 is 6.13. The predicted octanol–water partition coefficient (Wildman–Crippen LogP) is 7.21. The summed E-state index contributed by atoms with van der Waals surface area (Å²) < 4.78 is 6.09. The Labute approximate surface area is 227 Å². The standard InChI is InChI=1S/C32H28ClNO4/c1-21-16-26(33)14-15-27(21)31(35)34(28(32(36)37)18-22-8-3-2-4-9-22)20-23-10-7-12-24(17-23)30-19-25-11-5-6-13-29(25)38-30/h2-4,6-10,12-17,19,28H,5,11,18,20H2,1H3,(H,36,37). The van der Waals surface area contributed by atoms with E-state index < -0.39 is 12.0 Å². The number of hydrogen-bond donors (Lipinski definition) is 1. The van der Waals surface area contributed by atoms with Gasteiger partial charge in [0.05, 0.1) is 0 Å². The molecule has 0 saturated heterocycles. The van der Waals surface area contributed by atoms with Crippen molar-refractivity contribution in [3.05, 3.63) is 124 Å². The Hall–Kier alpha value is -4.09. The first-order chi connectivity index (χ1) is 18.4. The van der Waals surface area contributed by atoms with E-state index in [1.165, 1.54) is 10.5 Å². The number of amides is 1. The number of carbonyl (C=O) groups excluding carboxylic acids is 1. The van der Waals surface area contributed by atoms with E-state index in [-0.39, 0.29) is 18.9 Å². The van der Waals surface area contributed by atoms with Crippen LogP contribution in [0.1, 0.15) is 44.8 Å². The Morgan fingerprint density at radius 1 is 1.00 bits per heavy atom. The van der Waals surface area contributed by atoms with Crippen LogP contribution in [0.4, 0.5) is 0 Å². The van der Waals surface area contributed by atoms with Crippen molar-refractivity contribution in [2.45, 2.75) is 38.8 Å². The van der Waals surface area contributed by atoms with Crippen LogP contribution in [0.25, 0.3) is 17.4 Å². The quantitative estimate of drug-likeness (QED) is 0.264. The highest BCUT2D eigenvalue weighted by molar-refractivity contribution is 6.30. The molecule has 5 rings (SSSR count). The minimum absolute atomic E-state index is 0.124. The number of aliphatic carboxylic acids is 1. The molecule has 38 heavy (non-hydrogen) atoms. The number of nitrogens with zero attached hydrogens (tertiary/aromatic N) is 1. The van der Waals surface area contributed by atoms with Crippen molar-refractivity contribution in [1.29, 1.82) is 0 Å². The zero-order valence-electron chi connectivity index (χ0n) is 21.1. The Morgan fingerprint density at radius 3 is 2.53 bits per heavy atom. The third-order valence-electron chi connectivity index (χ3n) is 6.87. The van der Waals surface area contributed by atoms with Gasteiger partial charge in [-0.2, -0.15) is 0 Å². The maximum absolute atomic E-state index is 13.9. The Kier molecular flexibility index (Phi) is 7.47. The van der Waals surface area contributed by atoms with Gasteiger partial charge in [0, 0.05) is 29.1 Å². The lowest BCUT2D eigenvalue weighted by atomic mass is 10.00. The van der Waals surface area contributed by atoms with Crippen LogP contribution in [0.3, 0.4) is 0 Å². The fraction of sp³-hybridized carbons (Fsp3) is 0.188. The van der Waals surface area contributed by atoms with E-state index in [0.717, 1.165) is 41.1 Å². The normalized spacial score (nSPS) is 13.1. The number of benzene rings is 3. The number of halogens is 1. The summed E-state index contributed by atoms with van der Waals surface area (Å²) in [4.78, 5) is 27.9. The van der Waals surface area contributed by atoms with E-state index in [2.05, 4.69) is 12.1 Å². The summed E-state index contributed by atoms with van der Waals surface area (Å²) in [6.07, 6.45) is 6.23. The second-order valence-corrected chi connectivity index (χ2v) is 10.0. The first kappa shape index (κ1) is 25.6. The van der Waals surface area contributed by atoms with Crippen LogP contribution >= 0.6 is 11.6 Å². The van der Waals surface area contributed by atoms with Crippen molar-refractivity contribution in [1.82, 2.24) is 4.90 Å². The van der Waals surface area contributed by atoms with Crippen LogP contribution < -0.4 is 0 Å². The summed E-state index contributed by atoms with van der Waals surface area (Å²) in [5.41, 5.74) is 4.84. The lowest BCUT2D eigenvalue weighted by Gasteiger charge is -2.30. The molecule has 6 heteroatoms. The van der Waals surface area contributed by atoms with Crippen molar-refractivity contribution >= 4 is 29.6 Å². The summed E-state index contributed by atoms with van der Waals surface area (Å²) in [5, 5.41) is 10.8. The maximum atomic E-state index is 13.9. The van der Waals surface area contributed by atoms with E-state index in [0.29, 0.717) is 16.1 Å². The van der Waals surface area contributed by atoms with E-state index in [1.54, 1.807) is 25.1 Å². The number of rotatable bonds is 8. The number of fused-ring (bicyclic) bond motifs is 1. The van der Waals surface area contributed by atoms with Gasteiger partial charge in [-0.15, -0.1) is 0 Å². The molecule has 192 valence electrons. The molecule has 5 nitrogen and oxygen atoms in total. The Balaban J connectivity index is 1.51. The fourth-order valence-corrected chi connectivity index (χ4v) is 5.11. The van der Waals surface area contributed by atoms with Crippen LogP contribution in [0, 0.1) is 6.92 Å². The second kappa shape index (κ2) is 11.1. The van der Waals surface area contributed by atoms with Crippen LogP contribution in [-0.4, -0.2) is 27.9 Å². The van der Waals surface area contributed by atoms with Crippen molar-refractivity contribution in [3.8, 4) is 11.3 Å². The number of carboxylic acids is 1. The van der Waals surface area contributed by atoms with Gasteiger partial charge in [-0.25, -0.2) is 4.79 Å². The van der Waals surface area contributed by atoms with Gasteiger partial charge >= 0.3 is 5.97 Å². The molecule has 1 aliphatic carbocycles. The molecular formula is C32H28ClNO4. The van der Waals surface area contributed by atoms with Crippen LogP contribution in [0.5, 0.6) is 0 Å². The topological polar surface area (TPSA) is 70.8 Å². The van der Waals surface area contributed by atoms with Crippen LogP contribution in [0.2, 0.25) is 5.02 Å². The molecule has 0 fully saturated rings. The molecule has 0 bridgehead atoms. The van der Waals surface area contributed by atoms with Crippen LogP contribution in [-0.2, 0) is 24.2 Å². The molecule has 1 atom stereocenters. The summed E-state index contributed by atoms with van der Waals surface area (Å²) in [5.74, 6) is 0.219. The third kappa shape index (κ3) is 5.58. The molecular weight excluding hydrogens is 498 g/mol. The average Bonchev–Trinajstić information content (AvgIpc) is 3.35. The molecule has 1 unspecified atom stereocenters. The molecule has 1 amide bonds. The Morgan fingerprint density at radius 2 is 1.79 bits per heavy atom. The minimum Gasteiger partial charge on any atom is -0.480 e. The minimum atomic E-state index is -1.07. The summed E-state index contributed by atoms with van der Waals surface area (Å²) in [7, 11) is 0. The molecule has 0 aliphatic heterocycles. The van der Waals surface area contributed by atoms with Crippen molar-refractivity contribution < 1.29 is 19.1 Å². The predicted molar refractivity (Wildman–Crippen MR) is 149 cm³/mol. The Bertz CT molecular complexity index is 1510. The number of carboxylic acid groups (broad SMARTS) is 1. The summed E-state index contributed by atoms with van der Waals surface area (Å²) in [6, 6.07) is 23.1. The smallest absolute Gasteiger partial charge is 0.326 e. The lowest BCUT2D eigenvalue weighted by molar-refractivity contribution is -0.142. The van der Waals surface area contributed by atoms with E-state index in [9.17, 15) is 14.7 Å². The van der Waals surface area contributed by atoms with Gasteiger partial charge in [0.25, 0.3) is 5.91 Å². The largest absolute Gasteiger partial charge is 0.480 e. The number of hydrogen-bond acceptors (Lipinski definition) is 3. The molecule has 0 spiro atoms. The maximum Gasteiger partial charge on any atom is 0.326 e. The second-order valence-electron chi connectivity index (χ2n) is 9.58. The number of allylic oxidation sites excluding steroid dienone is 1. The summed E-state index contributed by atoms with van der Waals surface area (Å²) in [6.45, 7) is 1.93. The van der Waals surface area contributed by atoms with Gasteiger partial charge in [0.2, 0.25) is 0 Å². The van der Waals surface area contributed by atoms with Gasteiger partial charge < -0.3 is 14.4 Å². The first-order valence-electron chi connectivity index (χ1n) is 12.6. The molecule has 0 saturated carbocycles. The lowest BCUT2D eigenvalue weighted by Crippen LogP contribution is -2.46. The molecule has 1 aromatic heterocycles. The zero-order valence-corrected chi connectivity index (χ0v) is 21.8. The van der Waals surface area contributed by atoms with Gasteiger partial charge in [-0.3, -0.25) is 4.79 Å². The average molecular weight is 526 g/mol. The SMILES string of the molecule is Cc1cc(Cl)ccc1C(=O)N(Cc1cccc(-c2cc3c(o2)C=CCC3)c1)C(Cc1ccccc1)C(=O)O. The van der Waals surface area contributed by atoms with E-state index >= 15 is 0 Å². The van der Waals surface area contributed by atoms with E-state index in [4.69, 9.17) is 16.0 Å². The van der Waals surface area contributed by atoms with Gasteiger partial charge in [0.1, 0.15) is 17.6 Å². The molecule has 1 heterocycles. The molecule has 0 radical (unpaired) electrons. The van der Waals surface area contributed by atoms with Crippen molar-refractivity contribution in [2.75, 3.05) is 0 Å². The van der Waals surface area contributed by atoms with E-state index in [1.807, 2.05) is 60.7 Å². The number of furan rings is 1. The monoisotopic (exact) mass is 525 g/mol. The zero-order chi connectivity index (χ0) is 26.6. The molecule has 1 N–H and O–H groups in total. The number of carbonyl (C=O) groups is 2. The van der Waals surface area contributed by atoms with Gasteiger partial charge in [0.15, 0.2) is 0 Å². The molecule has 4 aromatic rings. The van der Waals surface area contributed by atoms with Gasteiger partial charge in [-0.1, -0.05) is 66.2 Å². The highest BCUT2D eigenvalue weighted by atomic mass is 35.5. The highest BCUT2D eigenvalue weighted by Crippen LogP contribution is 2.31. The molecule has 1 aliphatic rings. The molecule has 3 aromatic carbocycles. The number of aryl methyl sites for hydroxylation is 2. The van der Waals surface area contributed by atoms with Crippen LogP contribution in [0.15, 0.2) is 89.4 Å². The first-order valence-corrected chi connectivity index (χ1v) is 13.0. The highest BCUT2D eigenvalue weighted by Gasteiger charge is 2.31. The fourth-order valence-electron chi connectivity index (χ4n) is 4.88. The van der Waals surface area contributed by atoms with Crippen molar-refractivity contribution in [3.63, 3.8) is 0 Å².